The van der Waals surface area contributed by atoms with Gasteiger partial charge < -0.3 is 15.1 Å². The summed E-state index contributed by atoms with van der Waals surface area (Å²) in [5, 5.41) is 7.11. The molecular formula is C25H25ClF3N5O. The summed E-state index contributed by atoms with van der Waals surface area (Å²) in [6.07, 6.45) is -4.79. The van der Waals surface area contributed by atoms with Crippen molar-refractivity contribution in [3.63, 3.8) is 0 Å². The number of nitrogens with one attached hydrogen (secondary N) is 1. The van der Waals surface area contributed by atoms with E-state index in [1.807, 2.05) is 49.4 Å². The second-order valence-electron chi connectivity index (χ2n) is 8.97. The molecule has 6 nitrogen and oxygen atoms in total. The summed E-state index contributed by atoms with van der Waals surface area (Å²) < 4.78 is 43.0. The molecule has 0 unspecified atom stereocenters. The lowest BCUT2D eigenvalue weighted by Crippen LogP contribution is -2.49. The molecule has 0 radical (unpaired) electrons. The lowest BCUT2D eigenvalue weighted by molar-refractivity contribution is -0.173. The number of halogens is 4. The van der Waals surface area contributed by atoms with Gasteiger partial charge in [-0.3, -0.25) is 4.79 Å². The van der Waals surface area contributed by atoms with Gasteiger partial charge in [-0.2, -0.15) is 18.3 Å². The van der Waals surface area contributed by atoms with E-state index in [4.69, 9.17) is 11.6 Å². The third-order valence-electron chi connectivity index (χ3n) is 6.67. The van der Waals surface area contributed by atoms with Gasteiger partial charge in [0.15, 0.2) is 11.7 Å². The maximum atomic E-state index is 14.0. The van der Waals surface area contributed by atoms with Gasteiger partial charge in [-0.1, -0.05) is 59.6 Å². The highest BCUT2D eigenvalue weighted by atomic mass is 35.5. The molecule has 2 aliphatic heterocycles. The van der Waals surface area contributed by atoms with E-state index in [0.717, 1.165) is 21.5 Å². The van der Waals surface area contributed by atoms with Crippen LogP contribution in [-0.4, -0.2) is 52.9 Å². The Kier molecular flexibility index (Phi) is 6.13. The molecule has 1 N–H and O–H groups in total. The standard InChI is InChI=1S/C25H25ClF3N5O/c1-16-7-9-17(10-8-16)19-15-20(25(27,28)29)34-23(30-19)21(26)22(31-34)24(35)33-13-11-32(12-14-33)18-5-3-2-4-6-18/h2-10,19-20,30H,11-15H2,1H3/t19-,20+/m1/s1. The second-order valence-corrected chi connectivity index (χ2v) is 9.35. The number of para-hydroxylation sites is 1. The van der Waals surface area contributed by atoms with Crippen molar-refractivity contribution in [2.75, 3.05) is 36.4 Å². The largest absolute Gasteiger partial charge is 0.410 e. The van der Waals surface area contributed by atoms with Crippen LogP contribution in [0.1, 0.15) is 40.1 Å². The molecule has 2 atom stereocenters. The highest BCUT2D eigenvalue weighted by Crippen LogP contribution is 2.46. The van der Waals surface area contributed by atoms with Crippen LogP contribution in [-0.2, 0) is 0 Å². The molecule has 0 bridgehead atoms. The van der Waals surface area contributed by atoms with Crippen molar-refractivity contribution >= 4 is 29.0 Å². The van der Waals surface area contributed by atoms with E-state index >= 15 is 0 Å². The number of rotatable bonds is 3. The maximum Gasteiger partial charge on any atom is 0.410 e. The average molecular weight is 504 g/mol. The minimum absolute atomic E-state index is 0.0251. The first kappa shape index (κ1) is 23.5. The predicted molar refractivity (Wildman–Crippen MR) is 129 cm³/mol. The predicted octanol–water partition coefficient (Wildman–Crippen LogP) is 5.47. The van der Waals surface area contributed by atoms with E-state index < -0.39 is 24.2 Å². The lowest BCUT2D eigenvalue weighted by atomic mass is 9.96. The average Bonchev–Trinajstić information content (AvgIpc) is 3.19. The van der Waals surface area contributed by atoms with E-state index in [-0.39, 0.29) is 23.0 Å². The highest BCUT2D eigenvalue weighted by molar-refractivity contribution is 6.36. The topological polar surface area (TPSA) is 53.4 Å². The van der Waals surface area contributed by atoms with Crippen LogP contribution in [0.15, 0.2) is 54.6 Å². The number of fused-ring (bicyclic) bond motifs is 1. The molecule has 1 aromatic heterocycles. The van der Waals surface area contributed by atoms with Gasteiger partial charge in [0, 0.05) is 38.3 Å². The number of alkyl halides is 3. The van der Waals surface area contributed by atoms with Crippen molar-refractivity contribution in [1.29, 1.82) is 0 Å². The number of benzene rings is 2. The third-order valence-corrected chi connectivity index (χ3v) is 7.02. The molecule has 2 aliphatic rings. The summed E-state index contributed by atoms with van der Waals surface area (Å²) in [4.78, 5) is 17.0. The van der Waals surface area contributed by atoms with E-state index in [1.54, 1.807) is 17.0 Å². The molecule has 3 heterocycles. The van der Waals surface area contributed by atoms with Crippen LogP contribution < -0.4 is 10.2 Å². The van der Waals surface area contributed by atoms with Crippen LogP contribution in [0.2, 0.25) is 5.02 Å². The van der Waals surface area contributed by atoms with Gasteiger partial charge in [0.25, 0.3) is 5.91 Å². The van der Waals surface area contributed by atoms with Gasteiger partial charge in [-0.25, -0.2) is 4.68 Å². The van der Waals surface area contributed by atoms with E-state index in [0.29, 0.717) is 26.2 Å². The number of carbonyl (C=O) groups excluding carboxylic acids is 1. The van der Waals surface area contributed by atoms with Crippen LogP contribution in [0.4, 0.5) is 24.7 Å². The third kappa shape index (κ3) is 4.57. The van der Waals surface area contributed by atoms with Gasteiger partial charge in [0.05, 0.1) is 6.04 Å². The molecule has 3 aromatic rings. The first-order valence-electron chi connectivity index (χ1n) is 11.5. The van der Waals surface area contributed by atoms with Gasteiger partial charge >= 0.3 is 6.18 Å². The minimum Gasteiger partial charge on any atom is -0.368 e. The Labute approximate surface area is 206 Å². The molecule has 0 saturated carbocycles. The summed E-state index contributed by atoms with van der Waals surface area (Å²) in [5.74, 6) is -0.434. The number of aromatic nitrogens is 2. The van der Waals surface area contributed by atoms with Crippen LogP contribution in [0, 0.1) is 6.92 Å². The normalized spacial score (nSPS) is 20.4. The quantitative estimate of drug-likeness (QED) is 0.515. The fourth-order valence-corrected chi connectivity index (χ4v) is 4.96. The van der Waals surface area contributed by atoms with Crippen molar-refractivity contribution in [2.24, 2.45) is 0 Å². The molecule has 0 aliphatic carbocycles. The summed E-state index contributed by atoms with van der Waals surface area (Å²) in [6, 6.07) is 14.7. The van der Waals surface area contributed by atoms with E-state index in [2.05, 4.69) is 15.3 Å². The first-order valence-corrected chi connectivity index (χ1v) is 11.9. The highest BCUT2D eigenvalue weighted by Gasteiger charge is 2.48. The first-order chi connectivity index (χ1) is 16.7. The minimum atomic E-state index is -4.54. The molecule has 0 spiro atoms. The summed E-state index contributed by atoms with van der Waals surface area (Å²) >= 11 is 6.50. The zero-order chi connectivity index (χ0) is 24.7. The Bertz CT molecular complexity index is 1200. The monoisotopic (exact) mass is 503 g/mol. The van der Waals surface area contributed by atoms with Gasteiger partial charge in [-0.05, 0) is 24.6 Å². The summed E-state index contributed by atoms with van der Waals surface area (Å²) in [5.41, 5.74) is 2.65. The van der Waals surface area contributed by atoms with Crippen molar-refractivity contribution < 1.29 is 18.0 Å². The number of hydrogen-bond donors (Lipinski definition) is 1. The molecule has 2 aromatic carbocycles. The zero-order valence-corrected chi connectivity index (χ0v) is 19.9. The number of nitrogens with zero attached hydrogens (tertiary/aromatic N) is 4. The van der Waals surface area contributed by atoms with Gasteiger partial charge in [0.2, 0.25) is 0 Å². The molecule has 184 valence electrons. The Morgan fingerprint density at radius 1 is 1.03 bits per heavy atom. The van der Waals surface area contributed by atoms with Crippen molar-refractivity contribution in [3.05, 3.63) is 76.4 Å². The van der Waals surface area contributed by atoms with Crippen LogP contribution in [0.25, 0.3) is 0 Å². The number of aryl methyl sites for hydroxylation is 1. The van der Waals surface area contributed by atoms with Gasteiger partial charge in [-0.15, -0.1) is 0 Å². The smallest absolute Gasteiger partial charge is 0.368 e. The Morgan fingerprint density at radius 2 is 1.69 bits per heavy atom. The van der Waals surface area contributed by atoms with E-state index in [9.17, 15) is 18.0 Å². The number of anilines is 2. The molecule has 35 heavy (non-hydrogen) atoms. The molecule has 1 fully saturated rings. The molecule has 5 rings (SSSR count). The number of amides is 1. The van der Waals surface area contributed by atoms with Crippen molar-refractivity contribution in [1.82, 2.24) is 14.7 Å². The van der Waals surface area contributed by atoms with Crippen LogP contribution in [0.3, 0.4) is 0 Å². The molecule has 10 heteroatoms. The molecule has 1 saturated heterocycles. The van der Waals surface area contributed by atoms with Crippen LogP contribution >= 0.6 is 11.6 Å². The summed E-state index contributed by atoms with van der Waals surface area (Å²) in [6.45, 7) is 3.99. The summed E-state index contributed by atoms with van der Waals surface area (Å²) in [7, 11) is 0. The molecule has 1 amide bonds. The second kappa shape index (κ2) is 9.11. The van der Waals surface area contributed by atoms with E-state index in [1.165, 1.54) is 0 Å². The molecular weight excluding hydrogens is 479 g/mol. The zero-order valence-electron chi connectivity index (χ0n) is 19.1. The lowest BCUT2D eigenvalue weighted by Gasteiger charge is -2.35. The number of piperazine rings is 1. The Balaban J connectivity index is 1.39. The number of hydrogen-bond acceptors (Lipinski definition) is 4. The fraction of sp³-hybridized carbons (Fsp3) is 0.360. The fourth-order valence-electron chi connectivity index (χ4n) is 4.70. The number of carbonyl (C=O) groups is 1. The maximum absolute atomic E-state index is 14.0. The Hall–Kier alpha value is -3.20. The van der Waals surface area contributed by atoms with Crippen LogP contribution in [0.5, 0.6) is 0 Å². The van der Waals surface area contributed by atoms with Crippen molar-refractivity contribution in [3.8, 4) is 0 Å². The Morgan fingerprint density at radius 3 is 2.31 bits per heavy atom. The van der Waals surface area contributed by atoms with Crippen molar-refractivity contribution in [2.45, 2.75) is 31.6 Å². The SMILES string of the molecule is Cc1ccc([C@H]2C[C@@H](C(F)(F)F)n3nc(C(=O)N4CCN(c5ccccc5)CC4)c(Cl)c3N2)cc1. The van der Waals surface area contributed by atoms with Gasteiger partial charge in [0.1, 0.15) is 10.8 Å².